The molecule has 1 amide bonds. The van der Waals surface area contributed by atoms with Gasteiger partial charge in [0.25, 0.3) is 5.91 Å². The van der Waals surface area contributed by atoms with E-state index in [9.17, 15) is 9.59 Å². The number of rotatable bonds is 6. The zero-order valence-electron chi connectivity index (χ0n) is 13.4. The molecule has 1 fully saturated rings. The summed E-state index contributed by atoms with van der Waals surface area (Å²) < 4.78 is 0. The Hall–Kier alpha value is -1.88. The fraction of sp³-hybridized carbons (Fsp3) is 0.529. The number of nitrogens with one attached hydrogen (secondary N) is 1. The monoisotopic (exact) mass is 304 g/mol. The van der Waals surface area contributed by atoms with E-state index in [-0.39, 0.29) is 24.5 Å². The van der Waals surface area contributed by atoms with Crippen molar-refractivity contribution in [2.24, 2.45) is 0 Å². The summed E-state index contributed by atoms with van der Waals surface area (Å²) in [5.74, 6) is -0.837. The fourth-order valence-electron chi connectivity index (χ4n) is 2.92. The lowest BCUT2D eigenvalue weighted by atomic mass is 9.85. The molecule has 1 aliphatic rings. The topological polar surface area (TPSA) is 69.6 Å². The van der Waals surface area contributed by atoms with Gasteiger partial charge in [0.15, 0.2) is 0 Å². The molecule has 2 N–H and O–H groups in total. The van der Waals surface area contributed by atoms with Crippen LogP contribution in [-0.4, -0.2) is 47.1 Å². The van der Waals surface area contributed by atoms with Crippen molar-refractivity contribution in [1.29, 1.82) is 0 Å². The van der Waals surface area contributed by atoms with Crippen LogP contribution in [0.3, 0.4) is 0 Å². The number of hydrogen-bond acceptors (Lipinski definition) is 3. The van der Waals surface area contributed by atoms with Gasteiger partial charge in [-0.05, 0) is 44.9 Å². The van der Waals surface area contributed by atoms with E-state index in [2.05, 4.69) is 5.32 Å². The molecule has 1 aromatic carbocycles. The van der Waals surface area contributed by atoms with E-state index in [1.807, 2.05) is 43.9 Å². The molecule has 0 heterocycles. The molecule has 1 aromatic rings. The SMILES string of the molecule is CCN(CC(=O)O)C1CC(NC(=O)c2cc(C)ccc2C)C1. The quantitative estimate of drug-likeness (QED) is 0.843. The highest BCUT2D eigenvalue weighted by atomic mass is 16.4. The maximum Gasteiger partial charge on any atom is 0.317 e. The number of nitrogens with zero attached hydrogens (tertiary/aromatic N) is 1. The lowest BCUT2D eigenvalue weighted by Gasteiger charge is -2.42. The van der Waals surface area contributed by atoms with Crippen LogP contribution >= 0.6 is 0 Å². The first-order valence-electron chi connectivity index (χ1n) is 7.74. The van der Waals surface area contributed by atoms with Crippen molar-refractivity contribution in [3.8, 4) is 0 Å². The first-order valence-corrected chi connectivity index (χ1v) is 7.74. The number of carboxylic acid groups (broad SMARTS) is 1. The maximum absolute atomic E-state index is 12.3. The second-order valence-corrected chi connectivity index (χ2v) is 6.07. The summed E-state index contributed by atoms with van der Waals surface area (Å²) in [7, 11) is 0. The number of amides is 1. The van der Waals surface area contributed by atoms with E-state index in [0.717, 1.165) is 29.5 Å². The Morgan fingerprint density at radius 1 is 1.32 bits per heavy atom. The van der Waals surface area contributed by atoms with Crippen LogP contribution in [0.4, 0.5) is 0 Å². The Kier molecular flexibility index (Phi) is 5.19. The third-order valence-electron chi connectivity index (χ3n) is 4.35. The van der Waals surface area contributed by atoms with Crippen molar-refractivity contribution in [2.75, 3.05) is 13.1 Å². The van der Waals surface area contributed by atoms with Crippen LogP contribution in [-0.2, 0) is 4.79 Å². The summed E-state index contributed by atoms with van der Waals surface area (Å²) in [6.07, 6.45) is 1.63. The lowest BCUT2D eigenvalue weighted by molar-refractivity contribution is -0.139. The predicted molar refractivity (Wildman–Crippen MR) is 85.1 cm³/mol. The Balaban J connectivity index is 1.88. The lowest BCUT2D eigenvalue weighted by Crippen LogP contribution is -2.54. The van der Waals surface area contributed by atoms with Crippen molar-refractivity contribution in [3.05, 3.63) is 34.9 Å². The Morgan fingerprint density at radius 2 is 2.00 bits per heavy atom. The van der Waals surface area contributed by atoms with Gasteiger partial charge >= 0.3 is 5.97 Å². The molecule has 0 unspecified atom stereocenters. The molecule has 22 heavy (non-hydrogen) atoms. The molecular formula is C17H24N2O3. The molecule has 5 nitrogen and oxygen atoms in total. The highest BCUT2D eigenvalue weighted by molar-refractivity contribution is 5.96. The van der Waals surface area contributed by atoms with Crippen LogP contribution in [0, 0.1) is 13.8 Å². The Bertz CT molecular complexity index is 565. The molecule has 120 valence electrons. The van der Waals surface area contributed by atoms with Gasteiger partial charge in [-0.1, -0.05) is 24.6 Å². The number of carbonyl (C=O) groups excluding carboxylic acids is 1. The average molecular weight is 304 g/mol. The number of carbonyl (C=O) groups is 2. The molecule has 0 aromatic heterocycles. The highest BCUT2D eigenvalue weighted by Crippen LogP contribution is 2.26. The van der Waals surface area contributed by atoms with Gasteiger partial charge in [0.2, 0.25) is 0 Å². The fourth-order valence-corrected chi connectivity index (χ4v) is 2.92. The zero-order valence-corrected chi connectivity index (χ0v) is 13.4. The molecule has 0 aliphatic heterocycles. The van der Waals surface area contributed by atoms with Gasteiger partial charge in [-0.3, -0.25) is 14.5 Å². The van der Waals surface area contributed by atoms with Crippen LogP contribution in [0.15, 0.2) is 18.2 Å². The van der Waals surface area contributed by atoms with Crippen LogP contribution in [0.5, 0.6) is 0 Å². The maximum atomic E-state index is 12.3. The van der Waals surface area contributed by atoms with Crippen LogP contribution < -0.4 is 5.32 Å². The van der Waals surface area contributed by atoms with E-state index in [1.165, 1.54) is 0 Å². The van der Waals surface area contributed by atoms with Gasteiger partial charge in [-0.15, -0.1) is 0 Å². The van der Waals surface area contributed by atoms with Crippen molar-refractivity contribution < 1.29 is 14.7 Å². The van der Waals surface area contributed by atoms with E-state index in [1.54, 1.807) is 0 Å². The molecular weight excluding hydrogens is 280 g/mol. The third-order valence-corrected chi connectivity index (χ3v) is 4.35. The van der Waals surface area contributed by atoms with Crippen molar-refractivity contribution in [1.82, 2.24) is 10.2 Å². The largest absolute Gasteiger partial charge is 0.480 e. The van der Waals surface area contributed by atoms with Crippen LogP contribution in [0.25, 0.3) is 0 Å². The summed E-state index contributed by atoms with van der Waals surface area (Å²) in [5.41, 5.74) is 2.77. The zero-order chi connectivity index (χ0) is 16.3. The Morgan fingerprint density at radius 3 is 2.59 bits per heavy atom. The summed E-state index contributed by atoms with van der Waals surface area (Å²) in [6.45, 7) is 6.66. The third kappa shape index (κ3) is 3.85. The van der Waals surface area contributed by atoms with E-state index in [4.69, 9.17) is 5.11 Å². The van der Waals surface area contributed by atoms with Crippen molar-refractivity contribution in [3.63, 3.8) is 0 Å². The number of carboxylic acids is 1. The van der Waals surface area contributed by atoms with Gasteiger partial charge in [-0.2, -0.15) is 0 Å². The normalized spacial score (nSPS) is 20.5. The second kappa shape index (κ2) is 6.92. The Labute approximate surface area is 131 Å². The smallest absolute Gasteiger partial charge is 0.317 e. The molecule has 1 aliphatic carbocycles. The van der Waals surface area contributed by atoms with Gasteiger partial charge in [0.05, 0.1) is 6.54 Å². The molecule has 0 radical (unpaired) electrons. The van der Waals surface area contributed by atoms with Crippen molar-refractivity contribution >= 4 is 11.9 Å². The molecule has 0 bridgehead atoms. The number of likely N-dealkylation sites (N-methyl/N-ethyl adjacent to an activating group) is 1. The van der Waals surface area contributed by atoms with E-state index in [0.29, 0.717) is 6.54 Å². The minimum Gasteiger partial charge on any atom is -0.480 e. The predicted octanol–water partition coefficient (Wildman–Crippen LogP) is 1.97. The molecule has 1 saturated carbocycles. The molecule has 0 saturated heterocycles. The number of aryl methyl sites for hydroxylation is 2. The van der Waals surface area contributed by atoms with E-state index < -0.39 is 5.97 Å². The number of benzene rings is 1. The van der Waals surface area contributed by atoms with E-state index >= 15 is 0 Å². The molecule has 2 rings (SSSR count). The standard InChI is InChI=1S/C17H24N2O3/c1-4-19(10-16(20)21)14-8-13(9-14)18-17(22)15-7-11(2)5-6-12(15)3/h5-7,13-14H,4,8-10H2,1-3H3,(H,18,22)(H,20,21). The summed E-state index contributed by atoms with van der Waals surface area (Å²) >= 11 is 0. The minimum absolute atomic E-state index is 0.0362. The average Bonchev–Trinajstić information content (AvgIpc) is 2.42. The van der Waals surface area contributed by atoms with Crippen LogP contribution in [0.1, 0.15) is 41.3 Å². The summed E-state index contributed by atoms with van der Waals surface area (Å²) in [4.78, 5) is 25.1. The first kappa shape index (κ1) is 16.5. The molecule has 0 spiro atoms. The highest BCUT2D eigenvalue weighted by Gasteiger charge is 2.34. The molecule has 5 heteroatoms. The molecule has 0 atom stereocenters. The van der Waals surface area contributed by atoms with Crippen LogP contribution in [0.2, 0.25) is 0 Å². The first-order chi connectivity index (χ1) is 10.4. The van der Waals surface area contributed by atoms with Crippen molar-refractivity contribution in [2.45, 2.75) is 45.7 Å². The van der Waals surface area contributed by atoms with Gasteiger partial charge in [0.1, 0.15) is 0 Å². The summed E-state index contributed by atoms with van der Waals surface area (Å²) in [5, 5.41) is 11.9. The van der Waals surface area contributed by atoms with Gasteiger partial charge in [0, 0.05) is 17.6 Å². The van der Waals surface area contributed by atoms with Gasteiger partial charge in [-0.25, -0.2) is 0 Å². The summed E-state index contributed by atoms with van der Waals surface area (Å²) in [6, 6.07) is 6.25. The number of aliphatic carboxylic acids is 1. The minimum atomic E-state index is -0.801. The van der Waals surface area contributed by atoms with Gasteiger partial charge < -0.3 is 10.4 Å². The second-order valence-electron chi connectivity index (χ2n) is 6.07. The number of hydrogen-bond donors (Lipinski definition) is 2.